The van der Waals surface area contributed by atoms with Gasteiger partial charge in [0.2, 0.25) is 11.8 Å². The van der Waals surface area contributed by atoms with E-state index >= 15 is 0 Å². The summed E-state index contributed by atoms with van der Waals surface area (Å²) >= 11 is 6.15. The molecule has 130 valence electrons. The average molecular weight is 360 g/mol. The number of carbonyl (C=O) groups excluding carboxylic acids is 1. The van der Waals surface area contributed by atoms with Gasteiger partial charge in [-0.2, -0.15) is 0 Å². The molecule has 0 aliphatic heterocycles. The third-order valence-corrected chi connectivity index (χ3v) is 4.15. The molecule has 0 saturated carbocycles. The molecule has 0 N–H and O–H groups in total. The van der Waals surface area contributed by atoms with E-state index in [9.17, 15) is 4.79 Å². The summed E-state index contributed by atoms with van der Waals surface area (Å²) in [5.74, 6) is 0.765. The SMILES string of the molecule is Cc1ccoc1C(=O)N(Cc1nnc(-c2ccccc2Cl)o1)C(C)C. The van der Waals surface area contributed by atoms with Gasteiger partial charge in [-0.15, -0.1) is 10.2 Å². The Bertz CT molecular complexity index is 885. The molecule has 0 radical (unpaired) electrons. The molecule has 1 aromatic carbocycles. The van der Waals surface area contributed by atoms with Crippen molar-refractivity contribution in [3.8, 4) is 11.5 Å². The number of amides is 1. The van der Waals surface area contributed by atoms with Gasteiger partial charge < -0.3 is 13.7 Å². The molecule has 3 aromatic rings. The second-order valence-corrected chi connectivity index (χ2v) is 6.35. The molecule has 2 heterocycles. The lowest BCUT2D eigenvalue weighted by molar-refractivity contribution is 0.0638. The zero-order valence-electron chi connectivity index (χ0n) is 14.2. The predicted molar refractivity (Wildman–Crippen MR) is 93.2 cm³/mol. The lowest BCUT2D eigenvalue weighted by Crippen LogP contribution is -2.36. The fourth-order valence-corrected chi connectivity index (χ4v) is 2.63. The normalized spacial score (nSPS) is 11.1. The van der Waals surface area contributed by atoms with Gasteiger partial charge in [-0.3, -0.25) is 4.79 Å². The maximum absolute atomic E-state index is 12.7. The van der Waals surface area contributed by atoms with Crippen molar-refractivity contribution in [2.45, 2.75) is 33.4 Å². The molecule has 1 amide bonds. The molecular formula is C18H18ClN3O3. The van der Waals surface area contributed by atoms with Crippen molar-refractivity contribution in [2.75, 3.05) is 0 Å². The van der Waals surface area contributed by atoms with Crippen molar-refractivity contribution in [1.29, 1.82) is 0 Å². The van der Waals surface area contributed by atoms with Crippen molar-refractivity contribution in [3.05, 3.63) is 58.8 Å². The second kappa shape index (κ2) is 7.11. The van der Waals surface area contributed by atoms with Crippen LogP contribution in [0.5, 0.6) is 0 Å². The summed E-state index contributed by atoms with van der Waals surface area (Å²) in [4.78, 5) is 14.3. The van der Waals surface area contributed by atoms with E-state index in [0.717, 1.165) is 5.56 Å². The maximum atomic E-state index is 12.7. The first kappa shape index (κ1) is 17.2. The number of aromatic nitrogens is 2. The Morgan fingerprint density at radius 2 is 2.00 bits per heavy atom. The molecular weight excluding hydrogens is 342 g/mol. The summed E-state index contributed by atoms with van der Waals surface area (Å²) in [5.41, 5.74) is 1.45. The van der Waals surface area contributed by atoms with Crippen LogP contribution in [-0.2, 0) is 6.54 Å². The van der Waals surface area contributed by atoms with Crippen molar-refractivity contribution < 1.29 is 13.6 Å². The highest BCUT2D eigenvalue weighted by Crippen LogP contribution is 2.26. The van der Waals surface area contributed by atoms with Crippen LogP contribution in [0.1, 0.15) is 35.9 Å². The van der Waals surface area contributed by atoms with Gasteiger partial charge in [0.15, 0.2) is 5.76 Å². The van der Waals surface area contributed by atoms with Gasteiger partial charge in [0, 0.05) is 11.6 Å². The predicted octanol–water partition coefficient (Wildman–Crippen LogP) is 4.34. The van der Waals surface area contributed by atoms with Crippen LogP contribution in [0, 0.1) is 6.92 Å². The minimum atomic E-state index is -0.213. The smallest absolute Gasteiger partial charge is 0.290 e. The van der Waals surface area contributed by atoms with E-state index in [1.54, 1.807) is 23.1 Å². The number of halogens is 1. The molecule has 0 fully saturated rings. The largest absolute Gasteiger partial charge is 0.459 e. The highest BCUT2D eigenvalue weighted by atomic mass is 35.5. The van der Waals surface area contributed by atoms with Gasteiger partial charge in [-0.25, -0.2) is 0 Å². The molecule has 0 aliphatic carbocycles. The molecule has 7 heteroatoms. The highest BCUT2D eigenvalue weighted by molar-refractivity contribution is 6.33. The summed E-state index contributed by atoms with van der Waals surface area (Å²) in [5, 5.41) is 8.61. The Balaban J connectivity index is 1.83. The Kier molecular flexibility index (Phi) is 4.90. The number of aryl methyl sites for hydroxylation is 1. The fraction of sp³-hybridized carbons (Fsp3) is 0.278. The highest BCUT2D eigenvalue weighted by Gasteiger charge is 2.25. The summed E-state index contributed by atoms with van der Waals surface area (Å²) in [7, 11) is 0. The number of furan rings is 1. The van der Waals surface area contributed by atoms with E-state index in [0.29, 0.717) is 28.1 Å². The van der Waals surface area contributed by atoms with Crippen LogP contribution in [0.4, 0.5) is 0 Å². The van der Waals surface area contributed by atoms with E-state index in [-0.39, 0.29) is 18.5 Å². The van der Waals surface area contributed by atoms with E-state index in [1.807, 2.05) is 32.9 Å². The lowest BCUT2D eigenvalue weighted by Gasteiger charge is -2.24. The first-order chi connectivity index (χ1) is 12.0. The summed E-state index contributed by atoms with van der Waals surface area (Å²) in [6.07, 6.45) is 1.50. The van der Waals surface area contributed by atoms with Gasteiger partial charge in [-0.1, -0.05) is 23.7 Å². The molecule has 0 bridgehead atoms. The van der Waals surface area contributed by atoms with E-state index in [2.05, 4.69) is 10.2 Å². The summed E-state index contributed by atoms with van der Waals surface area (Å²) in [6.45, 7) is 5.86. The first-order valence-corrected chi connectivity index (χ1v) is 8.27. The van der Waals surface area contributed by atoms with Crippen LogP contribution < -0.4 is 0 Å². The minimum Gasteiger partial charge on any atom is -0.459 e. The zero-order valence-corrected chi connectivity index (χ0v) is 14.9. The molecule has 0 aliphatic rings. The molecule has 0 saturated heterocycles. The Morgan fingerprint density at radius 3 is 2.64 bits per heavy atom. The van der Waals surface area contributed by atoms with Gasteiger partial charge in [0.25, 0.3) is 5.91 Å². The fourth-order valence-electron chi connectivity index (χ4n) is 2.42. The number of carbonyl (C=O) groups is 1. The van der Waals surface area contributed by atoms with Crippen LogP contribution in [0.3, 0.4) is 0 Å². The van der Waals surface area contributed by atoms with Crippen LogP contribution >= 0.6 is 11.6 Å². The van der Waals surface area contributed by atoms with Crippen molar-refractivity contribution in [1.82, 2.24) is 15.1 Å². The number of nitrogens with zero attached hydrogens (tertiary/aromatic N) is 3. The zero-order chi connectivity index (χ0) is 18.0. The first-order valence-electron chi connectivity index (χ1n) is 7.89. The molecule has 6 nitrogen and oxygen atoms in total. The maximum Gasteiger partial charge on any atom is 0.290 e. The molecule has 0 atom stereocenters. The molecule has 0 unspecified atom stereocenters. The van der Waals surface area contributed by atoms with E-state index in [4.69, 9.17) is 20.4 Å². The minimum absolute atomic E-state index is 0.0623. The van der Waals surface area contributed by atoms with Crippen molar-refractivity contribution in [2.24, 2.45) is 0 Å². The van der Waals surface area contributed by atoms with Crippen LogP contribution in [0.2, 0.25) is 5.02 Å². The van der Waals surface area contributed by atoms with Crippen molar-refractivity contribution in [3.63, 3.8) is 0 Å². The number of benzene rings is 1. The Hall–Kier alpha value is -2.60. The second-order valence-electron chi connectivity index (χ2n) is 5.94. The lowest BCUT2D eigenvalue weighted by atomic mass is 10.2. The monoisotopic (exact) mass is 359 g/mol. The van der Waals surface area contributed by atoms with Gasteiger partial charge in [0.05, 0.1) is 23.4 Å². The molecule has 2 aromatic heterocycles. The van der Waals surface area contributed by atoms with Crippen molar-refractivity contribution >= 4 is 17.5 Å². The Labute approximate surface area is 150 Å². The third kappa shape index (κ3) is 3.58. The standard InChI is InChI=1S/C18H18ClN3O3/c1-11(2)22(18(23)16-12(3)8-9-24-16)10-15-20-21-17(25-15)13-6-4-5-7-14(13)19/h4-9,11H,10H2,1-3H3. The number of hydrogen-bond acceptors (Lipinski definition) is 5. The van der Waals surface area contributed by atoms with E-state index in [1.165, 1.54) is 6.26 Å². The van der Waals surface area contributed by atoms with Crippen LogP contribution in [0.25, 0.3) is 11.5 Å². The quantitative estimate of drug-likeness (QED) is 0.677. The van der Waals surface area contributed by atoms with Gasteiger partial charge >= 0.3 is 0 Å². The molecule has 25 heavy (non-hydrogen) atoms. The topological polar surface area (TPSA) is 72.4 Å². The molecule has 0 spiro atoms. The van der Waals surface area contributed by atoms with Crippen LogP contribution in [0.15, 0.2) is 45.4 Å². The average Bonchev–Trinajstić information content (AvgIpc) is 3.21. The third-order valence-electron chi connectivity index (χ3n) is 3.82. The molecule has 3 rings (SSSR count). The summed E-state index contributed by atoms with van der Waals surface area (Å²) < 4.78 is 11.0. The summed E-state index contributed by atoms with van der Waals surface area (Å²) in [6, 6.07) is 8.92. The number of rotatable bonds is 5. The van der Waals surface area contributed by atoms with Gasteiger partial charge in [-0.05, 0) is 39.0 Å². The number of hydrogen-bond donors (Lipinski definition) is 0. The van der Waals surface area contributed by atoms with Gasteiger partial charge in [0.1, 0.15) is 0 Å². The van der Waals surface area contributed by atoms with E-state index < -0.39 is 0 Å². The Morgan fingerprint density at radius 1 is 1.24 bits per heavy atom. The van der Waals surface area contributed by atoms with Crippen LogP contribution in [-0.4, -0.2) is 27.0 Å².